The molecule has 0 spiro atoms. The summed E-state index contributed by atoms with van der Waals surface area (Å²) in [6, 6.07) is 0.495. The number of amides is 2. The van der Waals surface area contributed by atoms with E-state index in [1.807, 2.05) is 4.90 Å². The first-order valence-corrected chi connectivity index (χ1v) is 9.61. The average Bonchev–Trinajstić information content (AvgIpc) is 3.18. The number of carbonyl (C=O) groups excluding carboxylic acids is 2. The largest absolute Gasteiger partial charge is 0.352 e. The Kier molecular flexibility index (Phi) is 12.5. The van der Waals surface area contributed by atoms with E-state index in [1.165, 1.54) is 6.42 Å². The third-order valence-electron chi connectivity index (χ3n) is 5.46. The molecular weight excluding hydrogens is 375 g/mol. The van der Waals surface area contributed by atoms with Gasteiger partial charge in [0.05, 0.1) is 5.92 Å². The average molecular weight is 411 g/mol. The summed E-state index contributed by atoms with van der Waals surface area (Å²) in [6.45, 7) is 8.25. The van der Waals surface area contributed by atoms with Crippen LogP contribution < -0.4 is 11.1 Å². The second-order valence-corrected chi connectivity index (χ2v) is 7.21. The molecule has 154 valence electrons. The number of rotatable bonds is 9. The molecule has 2 amide bonds. The number of nitrogens with one attached hydrogen (secondary N) is 1. The molecule has 0 aromatic heterocycles. The minimum atomic E-state index is -0.218. The lowest BCUT2D eigenvalue weighted by Gasteiger charge is -2.27. The molecule has 2 heterocycles. The van der Waals surface area contributed by atoms with Crippen molar-refractivity contribution < 1.29 is 9.59 Å². The van der Waals surface area contributed by atoms with Crippen LogP contribution in [0, 0.1) is 5.92 Å². The molecular formula is C18H36Cl2N4O2. The van der Waals surface area contributed by atoms with Gasteiger partial charge in [-0.05, 0) is 32.4 Å². The standard InChI is InChI=1S/C18H34N4O2.2ClH/c1-3-5-7-15(11-19)20-18(24)14-10-17(23)22(12-14)13-16-8-6-9-21(16)4-2;;/h14-16H,3-13,19H2,1-2H3,(H,20,24);2*1H. The van der Waals surface area contributed by atoms with Gasteiger partial charge in [0, 0.05) is 38.1 Å². The van der Waals surface area contributed by atoms with Crippen LogP contribution in [0.5, 0.6) is 0 Å². The molecule has 0 bridgehead atoms. The normalized spacial score (nSPS) is 24.1. The summed E-state index contributed by atoms with van der Waals surface area (Å²) in [4.78, 5) is 29.1. The van der Waals surface area contributed by atoms with E-state index in [0.29, 0.717) is 25.6 Å². The predicted octanol–water partition coefficient (Wildman–Crippen LogP) is 1.80. The quantitative estimate of drug-likeness (QED) is 0.607. The van der Waals surface area contributed by atoms with Gasteiger partial charge < -0.3 is 16.0 Å². The van der Waals surface area contributed by atoms with Crippen LogP contribution in [0.1, 0.15) is 52.4 Å². The highest BCUT2D eigenvalue weighted by Crippen LogP contribution is 2.23. The first kappa shape index (κ1) is 25.4. The van der Waals surface area contributed by atoms with E-state index in [-0.39, 0.29) is 48.6 Å². The third-order valence-corrected chi connectivity index (χ3v) is 5.46. The summed E-state index contributed by atoms with van der Waals surface area (Å²) in [7, 11) is 0. The molecule has 3 unspecified atom stereocenters. The monoisotopic (exact) mass is 410 g/mol. The van der Waals surface area contributed by atoms with Crippen molar-refractivity contribution in [2.24, 2.45) is 11.7 Å². The maximum atomic E-state index is 12.5. The van der Waals surface area contributed by atoms with Gasteiger partial charge in [0.1, 0.15) is 0 Å². The lowest BCUT2D eigenvalue weighted by Crippen LogP contribution is -2.44. The first-order chi connectivity index (χ1) is 11.6. The molecule has 0 aromatic carbocycles. The van der Waals surface area contributed by atoms with E-state index >= 15 is 0 Å². The predicted molar refractivity (Wildman–Crippen MR) is 110 cm³/mol. The third kappa shape index (κ3) is 6.87. The summed E-state index contributed by atoms with van der Waals surface area (Å²) in [6.07, 6.45) is 5.77. The molecule has 2 rings (SSSR count). The summed E-state index contributed by atoms with van der Waals surface area (Å²) in [5.41, 5.74) is 5.76. The topological polar surface area (TPSA) is 78.7 Å². The van der Waals surface area contributed by atoms with E-state index in [9.17, 15) is 9.59 Å². The highest BCUT2D eigenvalue weighted by atomic mass is 35.5. The Hall–Kier alpha value is -0.560. The maximum Gasteiger partial charge on any atom is 0.225 e. The Morgan fingerprint density at radius 3 is 2.69 bits per heavy atom. The number of unbranched alkanes of at least 4 members (excludes halogenated alkanes) is 1. The molecule has 2 fully saturated rings. The molecule has 0 aromatic rings. The lowest BCUT2D eigenvalue weighted by molar-refractivity contribution is -0.129. The van der Waals surface area contributed by atoms with Gasteiger partial charge in [-0.15, -0.1) is 24.8 Å². The van der Waals surface area contributed by atoms with Crippen LogP contribution in [0.2, 0.25) is 0 Å². The minimum absolute atomic E-state index is 0. The zero-order valence-electron chi connectivity index (χ0n) is 16.1. The Labute approximate surface area is 170 Å². The first-order valence-electron chi connectivity index (χ1n) is 9.61. The van der Waals surface area contributed by atoms with Crippen molar-refractivity contribution in [3.8, 4) is 0 Å². The number of likely N-dealkylation sites (tertiary alicyclic amines) is 2. The van der Waals surface area contributed by atoms with Gasteiger partial charge in [-0.1, -0.05) is 26.7 Å². The van der Waals surface area contributed by atoms with Crippen LogP contribution in [0.3, 0.4) is 0 Å². The van der Waals surface area contributed by atoms with Crippen molar-refractivity contribution in [1.29, 1.82) is 0 Å². The lowest BCUT2D eigenvalue weighted by atomic mass is 10.1. The highest BCUT2D eigenvalue weighted by Gasteiger charge is 2.37. The SMILES string of the molecule is CCCCC(CN)NC(=O)C1CC(=O)N(CC2CCCN2CC)C1.Cl.Cl. The number of likely N-dealkylation sites (N-methyl/N-ethyl adjacent to an activating group) is 1. The molecule has 2 aliphatic rings. The van der Waals surface area contributed by atoms with Gasteiger partial charge >= 0.3 is 0 Å². The number of nitrogens with two attached hydrogens (primary N) is 1. The van der Waals surface area contributed by atoms with E-state index in [2.05, 4.69) is 24.1 Å². The second-order valence-electron chi connectivity index (χ2n) is 7.21. The molecule has 2 aliphatic heterocycles. The van der Waals surface area contributed by atoms with Gasteiger partial charge in [-0.25, -0.2) is 0 Å². The molecule has 0 saturated carbocycles. The number of hydrogen-bond donors (Lipinski definition) is 2. The van der Waals surface area contributed by atoms with Crippen LogP contribution in [0.15, 0.2) is 0 Å². The fourth-order valence-corrected chi connectivity index (χ4v) is 3.92. The molecule has 3 atom stereocenters. The van der Waals surface area contributed by atoms with Gasteiger partial charge in [0.2, 0.25) is 11.8 Å². The molecule has 8 heteroatoms. The van der Waals surface area contributed by atoms with Crippen LogP contribution in [-0.2, 0) is 9.59 Å². The summed E-state index contributed by atoms with van der Waals surface area (Å²) in [5.74, 6) is -0.100. The Balaban J connectivity index is 0.00000312. The van der Waals surface area contributed by atoms with Crippen molar-refractivity contribution in [3.05, 3.63) is 0 Å². The van der Waals surface area contributed by atoms with Crippen LogP contribution in [-0.4, -0.2) is 66.4 Å². The van der Waals surface area contributed by atoms with Gasteiger partial charge in [0.15, 0.2) is 0 Å². The number of hydrogen-bond acceptors (Lipinski definition) is 4. The van der Waals surface area contributed by atoms with E-state index in [0.717, 1.165) is 45.3 Å². The van der Waals surface area contributed by atoms with Gasteiger partial charge in [0.25, 0.3) is 0 Å². The second kappa shape index (κ2) is 12.8. The smallest absolute Gasteiger partial charge is 0.225 e. The molecule has 26 heavy (non-hydrogen) atoms. The Morgan fingerprint density at radius 1 is 1.35 bits per heavy atom. The molecule has 3 N–H and O–H groups in total. The zero-order valence-corrected chi connectivity index (χ0v) is 17.7. The van der Waals surface area contributed by atoms with Crippen LogP contribution in [0.4, 0.5) is 0 Å². The maximum absolute atomic E-state index is 12.5. The van der Waals surface area contributed by atoms with Crippen molar-refractivity contribution in [1.82, 2.24) is 15.1 Å². The molecule has 0 aliphatic carbocycles. The number of carbonyl (C=O) groups is 2. The van der Waals surface area contributed by atoms with Crippen molar-refractivity contribution in [2.45, 2.75) is 64.5 Å². The van der Waals surface area contributed by atoms with E-state index in [4.69, 9.17) is 5.73 Å². The summed E-state index contributed by atoms with van der Waals surface area (Å²) in [5, 5.41) is 3.04. The Bertz CT molecular complexity index is 439. The van der Waals surface area contributed by atoms with Crippen LogP contribution in [0.25, 0.3) is 0 Å². The van der Waals surface area contributed by atoms with E-state index < -0.39 is 0 Å². The Morgan fingerprint density at radius 2 is 2.08 bits per heavy atom. The fourth-order valence-electron chi connectivity index (χ4n) is 3.92. The minimum Gasteiger partial charge on any atom is -0.352 e. The number of nitrogens with zero attached hydrogens (tertiary/aromatic N) is 2. The van der Waals surface area contributed by atoms with E-state index in [1.54, 1.807) is 0 Å². The summed E-state index contributed by atoms with van der Waals surface area (Å²) >= 11 is 0. The molecule has 0 radical (unpaired) electrons. The molecule has 6 nitrogen and oxygen atoms in total. The van der Waals surface area contributed by atoms with Crippen molar-refractivity contribution in [3.63, 3.8) is 0 Å². The summed E-state index contributed by atoms with van der Waals surface area (Å²) < 4.78 is 0. The zero-order chi connectivity index (χ0) is 17.5. The van der Waals surface area contributed by atoms with Gasteiger partial charge in [-0.2, -0.15) is 0 Å². The highest BCUT2D eigenvalue weighted by molar-refractivity contribution is 5.89. The molecule has 2 saturated heterocycles. The van der Waals surface area contributed by atoms with Crippen molar-refractivity contribution in [2.75, 3.05) is 32.7 Å². The van der Waals surface area contributed by atoms with Crippen molar-refractivity contribution >= 4 is 36.6 Å². The van der Waals surface area contributed by atoms with Gasteiger partial charge in [-0.3, -0.25) is 14.5 Å². The number of halogens is 2. The van der Waals surface area contributed by atoms with Crippen LogP contribution >= 0.6 is 24.8 Å². The fraction of sp³-hybridized carbons (Fsp3) is 0.889.